The number of fused-ring (bicyclic) bond motifs is 1. The Labute approximate surface area is 129 Å². The summed E-state index contributed by atoms with van der Waals surface area (Å²) in [6, 6.07) is 7.71. The summed E-state index contributed by atoms with van der Waals surface area (Å²) in [7, 11) is 0. The van der Waals surface area contributed by atoms with Crippen LogP contribution in [0.2, 0.25) is 5.02 Å². The maximum atomic E-state index is 13.0. The van der Waals surface area contributed by atoms with Crippen LogP contribution in [0.4, 0.5) is 0 Å². The van der Waals surface area contributed by atoms with E-state index in [9.17, 15) is 4.79 Å². The molecule has 3 rings (SSSR count). The van der Waals surface area contributed by atoms with Crippen molar-refractivity contribution in [1.82, 2.24) is 4.57 Å². The van der Waals surface area contributed by atoms with E-state index in [0.29, 0.717) is 10.4 Å². The number of nitrogens with zero attached hydrogens (tertiary/aromatic N) is 1. The zero-order valence-electron chi connectivity index (χ0n) is 12.3. The van der Waals surface area contributed by atoms with Crippen molar-refractivity contribution in [2.45, 2.75) is 51.1 Å². The predicted octanol–water partition coefficient (Wildman–Crippen LogP) is 4.18. The molecule has 2 N–H and O–H groups in total. The molecule has 112 valence electrons. The molecule has 0 aliphatic heterocycles. The Morgan fingerprint density at radius 3 is 2.67 bits per heavy atom. The molecule has 3 nitrogen and oxygen atoms in total. The van der Waals surface area contributed by atoms with Crippen LogP contribution in [0.5, 0.6) is 0 Å². The van der Waals surface area contributed by atoms with Gasteiger partial charge in [0.25, 0.3) is 5.56 Å². The Hall–Kier alpha value is -1.32. The van der Waals surface area contributed by atoms with Crippen LogP contribution < -0.4 is 11.3 Å². The second-order valence-corrected chi connectivity index (χ2v) is 6.44. The predicted molar refractivity (Wildman–Crippen MR) is 87.9 cm³/mol. The van der Waals surface area contributed by atoms with Crippen LogP contribution in [0, 0.1) is 0 Å². The van der Waals surface area contributed by atoms with Gasteiger partial charge in [0, 0.05) is 17.8 Å². The first-order valence-corrected chi connectivity index (χ1v) is 8.06. The van der Waals surface area contributed by atoms with E-state index in [-0.39, 0.29) is 17.6 Å². The molecule has 1 atom stereocenters. The highest BCUT2D eigenvalue weighted by atomic mass is 35.5. The molecular weight excluding hydrogens is 284 g/mol. The van der Waals surface area contributed by atoms with Crippen molar-refractivity contribution in [3.8, 4) is 0 Å². The smallest absolute Gasteiger partial charge is 0.260 e. The van der Waals surface area contributed by atoms with Gasteiger partial charge in [0.2, 0.25) is 0 Å². The summed E-state index contributed by atoms with van der Waals surface area (Å²) in [6.45, 7) is 1.94. The van der Waals surface area contributed by atoms with Gasteiger partial charge in [0.1, 0.15) is 0 Å². The number of nitrogens with two attached hydrogens (primary N) is 1. The zero-order chi connectivity index (χ0) is 15.0. The minimum absolute atomic E-state index is 0.0114. The molecule has 1 aliphatic rings. The van der Waals surface area contributed by atoms with Crippen LogP contribution in [0.25, 0.3) is 10.8 Å². The first-order valence-electron chi connectivity index (χ1n) is 7.69. The molecule has 0 spiro atoms. The Bertz CT molecular complexity index is 715. The fourth-order valence-corrected chi connectivity index (χ4v) is 3.68. The number of rotatable bonds is 2. The van der Waals surface area contributed by atoms with Crippen LogP contribution in [0.3, 0.4) is 0 Å². The zero-order valence-corrected chi connectivity index (χ0v) is 13.1. The minimum Gasteiger partial charge on any atom is -0.323 e. The molecule has 0 amide bonds. The molecule has 1 aliphatic carbocycles. The van der Waals surface area contributed by atoms with Gasteiger partial charge in [-0.3, -0.25) is 4.79 Å². The van der Waals surface area contributed by atoms with Crippen molar-refractivity contribution in [1.29, 1.82) is 0 Å². The number of hydrogen-bond donors (Lipinski definition) is 1. The number of hydrogen-bond acceptors (Lipinski definition) is 2. The average molecular weight is 305 g/mol. The molecule has 0 saturated heterocycles. The quantitative estimate of drug-likeness (QED) is 0.904. The van der Waals surface area contributed by atoms with E-state index in [0.717, 1.165) is 23.9 Å². The summed E-state index contributed by atoms with van der Waals surface area (Å²) in [5.41, 5.74) is 7.06. The van der Waals surface area contributed by atoms with E-state index in [1.54, 1.807) is 6.07 Å². The summed E-state index contributed by atoms with van der Waals surface area (Å²) < 4.78 is 1.91. The van der Waals surface area contributed by atoms with Crippen LogP contribution in [-0.2, 0) is 0 Å². The Morgan fingerprint density at radius 2 is 2.00 bits per heavy atom. The molecular formula is C17H21ClN2O. The van der Waals surface area contributed by atoms with Gasteiger partial charge in [0.15, 0.2) is 0 Å². The Kier molecular flexibility index (Phi) is 4.05. The van der Waals surface area contributed by atoms with Gasteiger partial charge >= 0.3 is 0 Å². The molecule has 1 aromatic heterocycles. The van der Waals surface area contributed by atoms with E-state index in [4.69, 9.17) is 17.3 Å². The van der Waals surface area contributed by atoms with Crippen LogP contribution >= 0.6 is 11.6 Å². The summed E-state index contributed by atoms with van der Waals surface area (Å²) in [5, 5.41) is 2.03. The van der Waals surface area contributed by atoms with Crippen molar-refractivity contribution < 1.29 is 0 Å². The SMILES string of the molecule is C[C@H](N)c1cc2cccc(Cl)c2c(=O)n1C1CCCCC1. The number of aromatic nitrogens is 1. The van der Waals surface area contributed by atoms with E-state index in [1.807, 2.05) is 29.7 Å². The van der Waals surface area contributed by atoms with Crippen molar-refractivity contribution in [2.75, 3.05) is 0 Å². The number of halogens is 1. The van der Waals surface area contributed by atoms with Crippen molar-refractivity contribution in [3.05, 3.63) is 45.3 Å². The molecule has 0 unspecified atom stereocenters. The molecule has 4 heteroatoms. The monoisotopic (exact) mass is 304 g/mol. The first kappa shape index (κ1) is 14.6. The third-order valence-electron chi connectivity index (χ3n) is 4.47. The fourth-order valence-electron chi connectivity index (χ4n) is 3.42. The second kappa shape index (κ2) is 5.82. The summed E-state index contributed by atoms with van der Waals surface area (Å²) >= 11 is 6.26. The van der Waals surface area contributed by atoms with Gasteiger partial charge in [-0.2, -0.15) is 0 Å². The minimum atomic E-state index is -0.164. The molecule has 0 bridgehead atoms. The Balaban J connectivity index is 2.29. The lowest BCUT2D eigenvalue weighted by Crippen LogP contribution is -2.31. The van der Waals surface area contributed by atoms with Gasteiger partial charge in [-0.25, -0.2) is 0 Å². The average Bonchev–Trinajstić information content (AvgIpc) is 2.47. The summed E-state index contributed by atoms with van der Waals surface area (Å²) in [5.74, 6) is 0. The topological polar surface area (TPSA) is 48.0 Å². The highest BCUT2D eigenvalue weighted by Crippen LogP contribution is 2.31. The lowest BCUT2D eigenvalue weighted by atomic mass is 9.94. The third-order valence-corrected chi connectivity index (χ3v) is 4.78. The third kappa shape index (κ3) is 2.60. The molecule has 1 aromatic carbocycles. The van der Waals surface area contributed by atoms with E-state index in [2.05, 4.69) is 0 Å². The standard InChI is InChI=1S/C17H21ClN2O/c1-11(19)15-10-12-6-5-9-14(18)16(12)17(21)20(15)13-7-3-2-4-8-13/h5-6,9-11,13H,2-4,7-8,19H2,1H3/t11-/m0/s1. The van der Waals surface area contributed by atoms with Crippen molar-refractivity contribution in [3.63, 3.8) is 0 Å². The van der Waals surface area contributed by atoms with Gasteiger partial charge < -0.3 is 10.3 Å². The lowest BCUT2D eigenvalue weighted by Gasteiger charge is -2.28. The largest absolute Gasteiger partial charge is 0.323 e. The first-order chi connectivity index (χ1) is 10.1. The number of pyridine rings is 1. The highest BCUT2D eigenvalue weighted by Gasteiger charge is 2.22. The maximum Gasteiger partial charge on any atom is 0.260 e. The van der Waals surface area contributed by atoms with Crippen LogP contribution in [0.15, 0.2) is 29.1 Å². The van der Waals surface area contributed by atoms with Gasteiger partial charge in [0.05, 0.1) is 10.4 Å². The van der Waals surface area contributed by atoms with E-state index in [1.165, 1.54) is 19.3 Å². The van der Waals surface area contributed by atoms with Gasteiger partial charge in [-0.15, -0.1) is 0 Å². The fraction of sp³-hybridized carbons (Fsp3) is 0.471. The van der Waals surface area contributed by atoms with Crippen LogP contribution in [-0.4, -0.2) is 4.57 Å². The van der Waals surface area contributed by atoms with E-state index < -0.39 is 0 Å². The molecule has 2 aromatic rings. The molecule has 1 fully saturated rings. The normalized spacial score (nSPS) is 18.0. The molecule has 1 heterocycles. The molecule has 1 saturated carbocycles. The van der Waals surface area contributed by atoms with Crippen molar-refractivity contribution >= 4 is 22.4 Å². The summed E-state index contributed by atoms with van der Waals surface area (Å²) in [4.78, 5) is 13.0. The second-order valence-electron chi connectivity index (χ2n) is 6.03. The Morgan fingerprint density at radius 1 is 1.29 bits per heavy atom. The molecule has 0 radical (unpaired) electrons. The number of benzene rings is 1. The van der Waals surface area contributed by atoms with Gasteiger partial charge in [-0.1, -0.05) is 43.0 Å². The summed E-state index contributed by atoms with van der Waals surface area (Å²) in [6.07, 6.45) is 5.71. The van der Waals surface area contributed by atoms with Crippen molar-refractivity contribution in [2.24, 2.45) is 5.73 Å². The van der Waals surface area contributed by atoms with E-state index >= 15 is 0 Å². The van der Waals surface area contributed by atoms with Crippen LogP contribution in [0.1, 0.15) is 56.8 Å². The maximum absolute atomic E-state index is 13.0. The molecule has 21 heavy (non-hydrogen) atoms. The van der Waals surface area contributed by atoms with Gasteiger partial charge in [-0.05, 0) is 37.3 Å². The highest BCUT2D eigenvalue weighted by molar-refractivity contribution is 6.35. The lowest BCUT2D eigenvalue weighted by molar-refractivity contribution is 0.336.